The van der Waals surface area contributed by atoms with Gasteiger partial charge in [0.2, 0.25) is 0 Å². The van der Waals surface area contributed by atoms with E-state index >= 15 is 0 Å². The van der Waals surface area contributed by atoms with Crippen molar-refractivity contribution in [1.29, 1.82) is 0 Å². The minimum Gasteiger partial charge on any atom is -0.383 e. The van der Waals surface area contributed by atoms with Crippen molar-refractivity contribution < 1.29 is 0 Å². The summed E-state index contributed by atoms with van der Waals surface area (Å²) in [5.41, 5.74) is 8.05. The van der Waals surface area contributed by atoms with E-state index in [1.807, 2.05) is 12.1 Å². The molecular formula is C15H22N4. The number of imidazole rings is 1. The smallest absolute Gasteiger partial charge is 0.132 e. The number of nitrogens with zero attached hydrogens (tertiary/aromatic N) is 3. The Morgan fingerprint density at radius 1 is 1.26 bits per heavy atom. The number of hydrogen-bond donors (Lipinski definition) is 1. The van der Waals surface area contributed by atoms with Gasteiger partial charge >= 0.3 is 0 Å². The third kappa shape index (κ3) is 2.48. The monoisotopic (exact) mass is 258 g/mol. The van der Waals surface area contributed by atoms with Crippen molar-refractivity contribution in [3.05, 3.63) is 30.4 Å². The fourth-order valence-corrected chi connectivity index (χ4v) is 2.21. The fourth-order valence-electron chi connectivity index (χ4n) is 2.21. The molecule has 0 saturated carbocycles. The first-order valence-electron chi connectivity index (χ1n) is 6.61. The topological polar surface area (TPSA) is 56.7 Å². The first-order chi connectivity index (χ1) is 8.82. The molecule has 2 N–H and O–H groups in total. The highest BCUT2D eigenvalue weighted by molar-refractivity contribution is 5.70. The van der Waals surface area contributed by atoms with Crippen LogP contribution in [0.25, 0.3) is 11.3 Å². The first kappa shape index (κ1) is 13.6. The second kappa shape index (κ2) is 4.68. The summed E-state index contributed by atoms with van der Waals surface area (Å²) in [6, 6.07) is 4.18. The Hall–Kier alpha value is -1.84. The molecule has 2 heterocycles. The van der Waals surface area contributed by atoms with E-state index in [0.29, 0.717) is 5.82 Å². The van der Waals surface area contributed by atoms with Gasteiger partial charge in [0.05, 0.1) is 0 Å². The molecule has 4 nitrogen and oxygen atoms in total. The maximum Gasteiger partial charge on any atom is 0.132 e. The van der Waals surface area contributed by atoms with E-state index in [0.717, 1.165) is 17.1 Å². The SMILES string of the molecule is CC(C)n1c(C(C)(C)C)nc(-c2cccnc2)c1N. The summed E-state index contributed by atoms with van der Waals surface area (Å²) in [6.07, 6.45) is 3.56. The molecular weight excluding hydrogens is 236 g/mol. The van der Waals surface area contributed by atoms with Gasteiger partial charge in [-0.05, 0) is 26.0 Å². The van der Waals surface area contributed by atoms with E-state index in [9.17, 15) is 0 Å². The van der Waals surface area contributed by atoms with Crippen LogP contribution in [-0.2, 0) is 5.41 Å². The average molecular weight is 258 g/mol. The molecule has 2 rings (SSSR count). The van der Waals surface area contributed by atoms with Crippen molar-refractivity contribution in [2.24, 2.45) is 0 Å². The standard InChI is InChI=1S/C15H22N4/c1-10(2)19-13(16)12(11-7-6-8-17-9-11)18-14(19)15(3,4)5/h6-10H,16H2,1-5H3. The van der Waals surface area contributed by atoms with Crippen LogP contribution in [0.5, 0.6) is 0 Å². The maximum absolute atomic E-state index is 6.31. The quantitative estimate of drug-likeness (QED) is 0.898. The van der Waals surface area contributed by atoms with Gasteiger partial charge in [-0.25, -0.2) is 4.98 Å². The van der Waals surface area contributed by atoms with Gasteiger partial charge in [-0.1, -0.05) is 20.8 Å². The summed E-state index contributed by atoms with van der Waals surface area (Å²) in [7, 11) is 0. The summed E-state index contributed by atoms with van der Waals surface area (Å²) in [6.45, 7) is 10.7. The lowest BCUT2D eigenvalue weighted by atomic mass is 9.95. The minimum atomic E-state index is -0.0428. The van der Waals surface area contributed by atoms with Gasteiger partial charge in [-0.2, -0.15) is 0 Å². The first-order valence-corrected chi connectivity index (χ1v) is 6.61. The molecule has 0 radical (unpaired) electrons. The molecule has 0 fully saturated rings. The third-order valence-corrected chi connectivity index (χ3v) is 3.07. The van der Waals surface area contributed by atoms with E-state index in [4.69, 9.17) is 10.7 Å². The zero-order chi connectivity index (χ0) is 14.2. The Kier molecular flexibility index (Phi) is 3.35. The van der Waals surface area contributed by atoms with Crippen LogP contribution in [-0.4, -0.2) is 14.5 Å². The molecule has 4 heteroatoms. The van der Waals surface area contributed by atoms with Crippen LogP contribution in [0.3, 0.4) is 0 Å². The summed E-state index contributed by atoms with van der Waals surface area (Å²) in [4.78, 5) is 8.91. The second-order valence-electron chi connectivity index (χ2n) is 6.12. The molecule has 0 bridgehead atoms. The van der Waals surface area contributed by atoms with E-state index in [1.165, 1.54) is 0 Å². The Morgan fingerprint density at radius 2 is 1.95 bits per heavy atom. The molecule has 0 spiro atoms. The summed E-state index contributed by atoms with van der Waals surface area (Å²) in [5.74, 6) is 1.73. The van der Waals surface area contributed by atoms with Gasteiger partial charge in [0.25, 0.3) is 0 Å². The van der Waals surface area contributed by atoms with Crippen LogP contribution in [0.4, 0.5) is 5.82 Å². The highest BCUT2D eigenvalue weighted by atomic mass is 15.2. The number of hydrogen-bond acceptors (Lipinski definition) is 3. The van der Waals surface area contributed by atoms with Crippen LogP contribution in [0.15, 0.2) is 24.5 Å². The number of rotatable bonds is 2. The van der Waals surface area contributed by atoms with Crippen LogP contribution >= 0.6 is 0 Å². The molecule has 2 aromatic rings. The molecule has 2 aromatic heterocycles. The predicted molar refractivity (Wildman–Crippen MR) is 79.0 cm³/mol. The predicted octanol–water partition coefficient (Wildman–Crippen LogP) is 3.41. The Labute approximate surface area is 114 Å². The molecule has 0 aromatic carbocycles. The maximum atomic E-state index is 6.31. The molecule has 0 atom stereocenters. The van der Waals surface area contributed by atoms with Gasteiger partial charge in [0, 0.05) is 29.4 Å². The van der Waals surface area contributed by atoms with Gasteiger partial charge in [-0.3, -0.25) is 4.98 Å². The van der Waals surface area contributed by atoms with Crippen LogP contribution in [0.2, 0.25) is 0 Å². The zero-order valence-corrected chi connectivity index (χ0v) is 12.3. The normalized spacial score (nSPS) is 12.1. The van der Waals surface area contributed by atoms with Crippen molar-refractivity contribution in [3.63, 3.8) is 0 Å². The van der Waals surface area contributed by atoms with Gasteiger partial charge in [-0.15, -0.1) is 0 Å². The van der Waals surface area contributed by atoms with E-state index in [2.05, 4.69) is 44.2 Å². The molecule has 102 valence electrons. The molecule has 0 amide bonds. The summed E-state index contributed by atoms with van der Waals surface area (Å²) in [5, 5.41) is 0. The molecule has 0 unspecified atom stereocenters. The van der Waals surface area contributed by atoms with Gasteiger partial charge in [0.15, 0.2) is 0 Å². The largest absolute Gasteiger partial charge is 0.383 e. The number of aromatic nitrogens is 3. The summed E-state index contributed by atoms with van der Waals surface area (Å²) >= 11 is 0. The van der Waals surface area contributed by atoms with Gasteiger partial charge < -0.3 is 10.3 Å². The zero-order valence-electron chi connectivity index (χ0n) is 12.3. The number of nitrogens with two attached hydrogens (primary N) is 1. The van der Waals surface area contributed by atoms with Crippen molar-refractivity contribution in [1.82, 2.24) is 14.5 Å². The van der Waals surface area contributed by atoms with E-state index < -0.39 is 0 Å². The third-order valence-electron chi connectivity index (χ3n) is 3.07. The highest BCUT2D eigenvalue weighted by Gasteiger charge is 2.26. The van der Waals surface area contributed by atoms with Crippen molar-refractivity contribution >= 4 is 5.82 Å². The van der Waals surface area contributed by atoms with E-state index in [-0.39, 0.29) is 11.5 Å². The minimum absolute atomic E-state index is 0.0428. The summed E-state index contributed by atoms with van der Waals surface area (Å²) < 4.78 is 2.11. The van der Waals surface area contributed by atoms with Crippen LogP contribution < -0.4 is 5.73 Å². The average Bonchev–Trinajstić information content (AvgIpc) is 2.68. The number of pyridine rings is 1. The lowest BCUT2D eigenvalue weighted by molar-refractivity contribution is 0.473. The Bertz CT molecular complexity index is 562. The fraction of sp³-hybridized carbons (Fsp3) is 0.467. The lowest BCUT2D eigenvalue weighted by Gasteiger charge is -2.22. The number of nitrogen functional groups attached to an aromatic ring is 1. The van der Waals surface area contributed by atoms with E-state index in [1.54, 1.807) is 12.4 Å². The van der Waals surface area contributed by atoms with Crippen molar-refractivity contribution in [2.45, 2.75) is 46.1 Å². The lowest BCUT2D eigenvalue weighted by Crippen LogP contribution is -2.21. The van der Waals surface area contributed by atoms with Crippen molar-refractivity contribution in [2.75, 3.05) is 5.73 Å². The van der Waals surface area contributed by atoms with Crippen LogP contribution in [0, 0.1) is 0 Å². The molecule has 19 heavy (non-hydrogen) atoms. The number of anilines is 1. The van der Waals surface area contributed by atoms with Crippen molar-refractivity contribution in [3.8, 4) is 11.3 Å². The molecule has 0 saturated heterocycles. The highest BCUT2D eigenvalue weighted by Crippen LogP contribution is 2.33. The Balaban J connectivity index is 2.66. The molecule has 0 aliphatic carbocycles. The van der Waals surface area contributed by atoms with Crippen LogP contribution in [0.1, 0.15) is 46.5 Å². The second-order valence-corrected chi connectivity index (χ2v) is 6.12. The Morgan fingerprint density at radius 3 is 2.37 bits per heavy atom. The molecule has 0 aliphatic heterocycles. The molecule has 0 aliphatic rings. The van der Waals surface area contributed by atoms with Gasteiger partial charge in [0.1, 0.15) is 17.3 Å².